The summed E-state index contributed by atoms with van der Waals surface area (Å²) in [4.78, 5) is 1.63. The Balaban J connectivity index is 1.55. The minimum Gasteiger partial charge on any atom is -0.405 e. The quantitative estimate of drug-likeness (QED) is 0.218. The first kappa shape index (κ1) is 33.6. The number of benzene rings is 1. The van der Waals surface area contributed by atoms with Crippen molar-refractivity contribution >= 4 is 77.3 Å². The molecule has 0 atom stereocenters. The normalized spacial score (nSPS) is 7.74. The molecule has 4 rings (SSSR count). The first-order valence-electron chi connectivity index (χ1n) is 12.2. The predicted octanol–water partition coefficient (Wildman–Crippen LogP) is 6.65. The molecule has 0 radical (unpaired) electrons. The smallest absolute Gasteiger partial charge is 0.160 e. The molecule has 9 heteroatoms. The van der Waals surface area contributed by atoms with Crippen molar-refractivity contribution in [3.8, 4) is 176 Å². The van der Waals surface area contributed by atoms with Gasteiger partial charge in [-0.3, -0.25) is 0 Å². The van der Waals surface area contributed by atoms with Crippen LogP contribution in [0.3, 0.4) is 0 Å². The van der Waals surface area contributed by atoms with Gasteiger partial charge >= 0.3 is 0 Å². The molecule has 3 heterocycles. The number of hydrogen-bond donors (Lipinski definition) is 0. The third-order valence-electron chi connectivity index (χ3n) is 4.81. The molecule has 0 aliphatic heterocycles. The van der Waals surface area contributed by atoms with Crippen LogP contribution in [0.5, 0.6) is 11.5 Å². The Hall–Kier alpha value is -6.28. The molecule has 1 aromatic carbocycles. The Morgan fingerprint density at radius 3 is 1.21 bits per heavy atom. The highest BCUT2D eigenvalue weighted by Gasteiger charge is 2.21. The zero-order valence-corrected chi connectivity index (χ0v) is 28.8. The number of halogens is 2. The summed E-state index contributed by atoms with van der Waals surface area (Å²) < 4.78 is 22.4. The zero-order chi connectivity index (χ0) is 33.1. The van der Waals surface area contributed by atoms with Gasteiger partial charge in [-0.25, -0.2) is 0 Å². The van der Waals surface area contributed by atoms with Crippen LogP contribution >= 0.6 is 66.3 Å². The van der Waals surface area contributed by atoms with Gasteiger partial charge < -0.3 is 9.47 Å². The van der Waals surface area contributed by atoms with E-state index in [9.17, 15) is 0 Å². The van der Waals surface area contributed by atoms with Crippen LogP contribution in [0.25, 0.3) is 31.9 Å². The Morgan fingerprint density at radius 1 is 0.511 bits per heavy atom. The average molecular weight is 778 g/mol. The lowest BCUT2D eigenvalue weighted by atomic mass is 10.1. The van der Waals surface area contributed by atoms with Gasteiger partial charge in [0.15, 0.2) is 11.5 Å². The summed E-state index contributed by atoms with van der Waals surface area (Å²) in [5.74, 6) is 50.7. The van der Waals surface area contributed by atoms with Gasteiger partial charge in [-0.05, 0) is 91.1 Å². The van der Waals surface area contributed by atoms with Crippen molar-refractivity contribution in [3.63, 3.8) is 0 Å². The number of rotatable bonds is 4. The number of terminal acetylenes is 2. The first-order valence-corrected chi connectivity index (χ1v) is 16.2. The van der Waals surface area contributed by atoms with Crippen LogP contribution in [0.1, 0.15) is 0 Å². The van der Waals surface area contributed by atoms with E-state index in [0.29, 0.717) is 22.5 Å². The molecule has 0 aliphatic rings. The second kappa shape index (κ2) is 18.5. The summed E-state index contributed by atoms with van der Waals surface area (Å²) in [5, 5.41) is 0. The zero-order valence-electron chi connectivity index (χ0n) is 23.2. The third kappa shape index (κ3) is 10.1. The fourth-order valence-corrected chi connectivity index (χ4v) is 6.81. The van der Waals surface area contributed by atoms with E-state index in [1.807, 2.05) is 24.3 Å². The molecule has 0 amide bonds. The van der Waals surface area contributed by atoms with E-state index in [-0.39, 0.29) is 0 Å². The van der Waals surface area contributed by atoms with E-state index in [2.05, 4.69) is 171 Å². The maximum absolute atomic E-state index is 5.73. The Bertz CT molecular complexity index is 2470. The molecule has 0 saturated carbocycles. The predicted molar refractivity (Wildman–Crippen MR) is 196 cm³/mol. The number of fused-ring (bicyclic) bond motifs is 1. The summed E-state index contributed by atoms with van der Waals surface area (Å²) in [6.45, 7) is 0. The Labute approximate surface area is 301 Å². The van der Waals surface area contributed by atoms with Crippen LogP contribution in [0.4, 0.5) is 0 Å². The highest BCUT2D eigenvalue weighted by atomic mass is 79.9. The van der Waals surface area contributed by atoms with E-state index < -0.39 is 0 Å². The van der Waals surface area contributed by atoms with Crippen molar-refractivity contribution < 1.29 is 9.47 Å². The standard InChI is InChI=1S/C38H6Br2N2O2S3/c1-3-5-7-9-11-13-15-17-19-21-25-43-31-27-33(39)45-37(31)29-23-24-30(36-35(29)41-47-42-36)38-32(28-34(40)46-38)44-26-22-20-18-16-14-12-10-8-6-4-2/h1-2,23-24,27-28H. The molecular formula is C38H6Br2N2O2S3. The molecule has 3 aromatic heterocycles. The van der Waals surface area contributed by atoms with Gasteiger partial charge in [0, 0.05) is 82.5 Å². The summed E-state index contributed by atoms with van der Waals surface area (Å²) in [6.07, 6.45) is 15.2. The van der Waals surface area contributed by atoms with E-state index in [1.54, 1.807) is 0 Å². The minimum atomic E-state index is 0.538. The van der Waals surface area contributed by atoms with Gasteiger partial charge in [-0.1, -0.05) is 12.1 Å². The van der Waals surface area contributed by atoms with E-state index >= 15 is 0 Å². The van der Waals surface area contributed by atoms with Gasteiger partial charge in [0.05, 0.1) is 29.1 Å². The highest BCUT2D eigenvalue weighted by Crippen LogP contribution is 2.47. The van der Waals surface area contributed by atoms with Crippen molar-refractivity contribution in [2.24, 2.45) is 0 Å². The number of hydrogen-bond acceptors (Lipinski definition) is 7. The van der Waals surface area contributed by atoms with Crippen LogP contribution in [0.15, 0.2) is 31.8 Å². The largest absolute Gasteiger partial charge is 0.405 e. The molecule has 0 saturated heterocycles. The number of nitrogens with zero attached hydrogens (tertiary/aromatic N) is 2. The summed E-state index contributed by atoms with van der Waals surface area (Å²) >= 11 is 11.1. The SMILES string of the molecule is C#CC#CC#CC#CC#CC#COc1cc(Br)sc1-c1ccc(-c2sc(Br)cc2OC#CC#CC#CC#CC#CC#C)c2nsnc12. The molecule has 47 heavy (non-hydrogen) atoms. The fourth-order valence-electron chi connectivity index (χ4n) is 3.17. The molecule has 0 aliphatic carbocycles. The topological polar surface area (TPSA) is 44.2 Å². The lowest BCUT2D eigenvalue weighted by Gasteiger charge is -2.06. The highest BCUT2D eigenvalue weighted by molar-refractivity contribution is 9.11. The van der Waals surface area contributed by atoms with Crippen LogP contribution in [0, 0.1) is 143 Å². The fraction of sp³-hybridized carbons (Fsp3) is 0. The third-order valence-corrected chi connectivity index (χ3v) is 8.64. The summed E-state index contributed by atoms with van der Waals surface area (Å²) in [7, 11) is 0. The molecule has 0 bridgehead atoms. The molecule has 0 fully saturated rings. The number of thiophene rings is 2. The lowest BCUT2D eigenvalue weighted by molar-refractivity contribution is 0.524. The number of aromatic nitrogens is 2. The van der Waals surface area contributed by atoms with Crippen molar-refractivity contribution in [2.45, 2.75) is 0 Å². The van der Waals surface area contributed by atoms with E-state index in [4.69, 9.17) is 22.3 Å². The number of ether oxygens (including phenoxy) is 2. The molecular weight excluding hydrogens is 772 g/mol. The van der Waals surface area contributed by atoms with E-state index in [0.717, 1.165) is 40.2 Å². The Morgan fingerprint density at radius 2 is 0.851 bits per heavy atom. The van der Waals surface area contributed by atoms with Crippen LogP contribution in [-0.2, 0) is 0 Å². The molecule has 0 spiro atoms. The first-order chi connectivity index (χ1) is 23.1. The molecule has 4 aromatic rings. The maximum Gasteiger partial charge on any atom is 0.160 e. The van der Waals surface area contributed by atoms with E-state index in [1.165, 1.54) is 22.7 Å². The summed E-state index contributed by atoms with van der Waals surface area (Å²) in [5.41, 5.74) is 3.05. The van der Waals surface area contributed by atoms with Crippen LogP contribution < -0.4 is 9.47 Å². The van der Waals surface area contributed by atoms with Gasteiger partial charge in [0.25, 0.3) is 0 Å². The van der Waals surface area contributed by atoms with Gasteiger partial charge in [-0.2, -0.15) is 8.75 Å². The molecule has 212 valence electrons. The summed E-state index contributed by atoms with van der Waals surface area (Å²) in [6, 6.07) is 7.56. The maximum atomic E-state index is 5.73. The minimum absolute atomic E-state index is 0.538. The van der Waals surface area contributed by atoms with Crippen LogP contribution in [0.2, 0.25) is 0 Å². The van der Waals surface area contributed by atoms with Crippen molar-refractivity contribution in [1.82, 2.24) is 8.75 Å². The second-order valence-corrected chi connectivity index (χ2v) is 12.9. The van der Waals surface area contributed by atoms with Crippen molar-refractivity contribution in [1.29, 1.82) is 0 Å². The average Bonchev–Trinajstić information content (AvgIpc) is 3.80. The molecule has 0 N–H and O–H groups in total. The molecule has 0 unspecified atom stereocenters. The Kier molecular flexibility index (Phi) is 13.2. The van der Waals surface area contributed by atoms with Gasteiger partial charge in [0.2, 0.25) is 0 Å². The lowest BCUT2D eigenvalue weighted by Crippen LogP contribution is -1.87. The van der Waals surface area contributed by atoms with Crippen molar-refractivity contribution in [2.75, 3.05) is 0 Å². The van der Waals surface area contributed by atoms with Gasteiger partial charge in [-0.15, -0.1) is 35.5 Å². The molecule has 4 nitrogen and oxygen atoms in total. The van der Waals surface area contributed by atoms with Crippen LogP contribution in [-0.4, -0.2) is 8.75 Å². The monoisotopic (exact) mass is 776 g/mol. The second-order valence-electron chi connectivity index (χ2n) is 7.56. The van der Waals surface area contributed by atoms with Crippen molar-refractivity contribution in [3.05, 3.63) is 31.8 Å². The van der Waals surface area contributed by atoms with Gasteiger partial charge in [0.1, 0.15) is 23.2 Å².